The summed E-state index contributed by atoms with van der Waals surface area (Å²) in [6, 6.07) is 4.30. The van der Waals surface area contributed by atoms with Crippen molar-refractivity contribution in [3.63, 3.8) is 0 Å². The van der Waals surface area contributed by atoms with Gasteiger partial charge < -0.3 is 10.1 Å². The minimum Gasteiger partial charge on any atom is -0.488 e. The van der Waals surface area contributed by atoms with Gasteiger partial charge in [0.1, 0.15) is 5.75 Å². The molecule has 0 atom stereocenters. The van der Waals surface area contributed by atoms with Gasteiger partial charge >= 0.3 is 0 Å². The molecule has 1 N–H and O–H groups in total. The monoisotopic (exact) mass is 403 g/mol. The molecule has 0 heterocycles. The number of halogens is 2. The number of hydrogen-bond acceptors (Lipinski definition) is 2. The number of nitrogens with one attached hydrogen (secondary N) is 1. The van der Waals surface area contributed by atoms with Crippen LogP contribution in [0.1, 0.15) is 51.0 Å². The van der Waals surface area contributed by atoms with Gasteiger partial charge in [0, 0.05) is 6.54 Å². The maximum atomic E-state index is 6.24. The first-order valence-electron chi connectivity index (χ1n) is 7.56. The van der Waals surface area contributed by atoms with Crippen LogP contribution < -0.4 is 10.1 Å². The summed E-state index contributed by atoms with van der Waals surface area (Å²) >= 11 is 7.31. The van der Waals surface area contributed by atoms with Crippen LogP contribution in [0.15, 0.2) is 21.1 Å². The third-order valence-corrected chi connectivity index (χ3v) is 4.90. The normalized spacial score (nSPS) is 16.9. The molecule has 112 valence electrons. The van der Waals surface area contributed by atoms with Gasteiger partial charge in [-0.25, -0.2) is 0 Å². The molecule has 2 nitrogen and oxygen atoms in total. The van der Waals surface area contributed by atoms with Crippen LogP contribution in [0.3, 0.4) is 0 Å². The SMILES string of the molecule is CCNCc1cc(Br)c(OC2CCCCCC2)c(Br)c1. The lowest BCUT2D eigenvalue weighted by molar-refractivity contribution is 0.181. The number of rotatable bonds is 5. The van der Waals surface area contributed by atoms with Crippen LogP contribution in [0.5, 0.6) is 5.75 Å². The van der Waals surface area contributed by atoms with Crippen molar-refractivity contribution < 1.29 is 4.74 Å². The van der Waals surface area contributed by atoms with E-state index in [0.29, 0.717) is 6.10 Å². The first-order chi connectivity index (χ1) is 9.70. The number of ether oxygens (including phenoxy) is 1. The minimum atomic E-state index is 0.365. The first kappa shape index (κ1) is 16.3. The van der Waals surface area contributed by atoms with E-state index in [1.54, 1.807) is 0 Å². The van der Waals surface area contributed by atoms with Crippen LogP contribution in [0.4, 0.5) is 0 Å². The highest BCUT2D eigenvalue weighted by molar-refractivity contribution is 9.11. The molecule has 4 heteroatoms. The van der Waals surface area contributed by atoms with E-state index in [0.717, 1.165) is 27.8 Å². The van der Waals surface area contributed by atoms with E-state index < -0.39 is 0 Å². The van der Waals surface area contributed by atoms with Crippen LogP contribution in [0.2, 0.25) is 0 Å². The van der Waals surface area contributed by atoms with Crippen molar-refractivity contribution in [2.24, 2.45) is 0 Å². The molecule has 0 aliphatic heterocycles. The topological polar surface area (TPSA) is 21.3 Å². The van der Waals surface area contributed by atoms with Crippen LogP contribution in [-0.4, -0.2) is 12.6 Å². The largest absolute Gasteiger partial charge is 0.488 e. The van der Waals surface area contributed by atoms with Crippen molar-refractivity contribution in [2.45, 2.75) is 58.1 Å². The van der Waals surface area contributed by atoms with Crippen LogP contribution in [0, 0.1) is 0 Å². The van der Waals surface area contributed by atoms with E-state index in [-0.39, 0.29) is 0 Å². The second-order valence-corrected chi connectivity index (χ2v) is 7.11. The Kier molecular flexibility index (Phi) is 6.85. The molecule has 2 rings (SSSR count). The third kappa shape index (κ3) is 4.74. The molecule has 0 unspecified atom stereocenters. The molecular weight excluding hydrogens is 382 g/mol. The van der Waals surface area contributed by atoms with Crippen molar-refractivity contribution >= 4 is 31.9 Å². The van der Waals surface area contributed by atoms with E-state index in [1.807, 2.05) is 0 Å². The fourth-order valence-electron chi connectivity index (χ4n) is 2.62. The molecule has 0 bridgehead atoms. The molecule has 1 aliphatic carbocycles. The lowest BCUT2D eigenvalue weighted by Gasteiger charge is -2.20. The molecule has 1 aromatic rings. The Balaban J connectivity index is 2.06. The smallest absolute Gasteiger partial charge is 0.148 e. The lowest BCUT2D eigenvalue weighted by atomic mass is 10.1. The predicted octanol–water partition coefficient (Wildman–Crippen LogP) is 5.42. The summed E-state index contributed by atoms with van der Waals surface area (Å²) in [7, 11) is 0. The molecule has 0 radical (unpaired) electrons. The van der Waals surface area contributed by atoms with E-state index in [2.05, 4.69) is 56.2 Å². The van der Waals surface area contributed by atoms with Crippen LogP contribution in [0.25, 0.3) is 0 Å². The molecular formula is C16H23Br2NO. The highest BCUT2D eigenvalue weighted by atomic mass is 79.9. The Hall–Kier alpha value is -0.0600. The van der Waals surface area contributed by atoms with E-state index in [9.17, 15) is 0 Å². The second-order valence-electron chi connectivity index (χ2n) is 5.40. The third-order valence-electron chi connectivity index (χ3n) is 3.72. The van der Waals surface area contributed by atoms with Gasteiger partial charge in [-0.15, -0.1) is 0 Å². The van der Waals surface area contributed by atoms with Crippen molar-refractivity contribution in [1.82, 2.24) is 5.32 Å². The van der Waals surface area contributed by atoms with Crippen molar-refractivity contribution in [3.05, 3.63) is 26.6 Å². The molecule has 1 aliphatic rings. The highest BCUT2D eigenvalue weighted by Gasteiger charge is 2.17. The Morgan fingerprint density at radius 2 is 1.70 bits per heavy atom. The lowest BCUT2D eigenvalue weighted by Crippen LogP contribution is -2.16. The van der Waals surface area contributed by atoms with Crippen molar-refractivity contribution in [1.29, 1.82) is 0 Å². The number of benzene rings is 1. The fourth-order valence-corrected chi connectivity index (χ4v) is 4.09. The maximum Gasteiger partial charge on any atom is 0.148 e. The average Bonchev–Trinajstić information content (AvgIpc) is 2.69. The molecule has 0 saturated heterocycles. The molecule has 1 fully saturated rings. The Labute approximate surface area is 138 Å². The number of hydrogen-bond donors (Lipinski definition) is 1. The Morgan fingerprint density at radius 3 is 2.25 bits per heavy atom. The van der Waals surface area contributed by atoms with Gasteiger partial charge in [-0.1, -0.05) is 19.8 Å². The van der Waals surface area contributed by atoms with E-state index in [4.69, 9.17) is 4.74 Å². The summed E-state index contributed by atoms with van der Waals surface area (Å²) in [5.74, 6) is 0.956. The van der Waals surface area contributed by atoms with E-state index in [1.165, 1.54) is 44.1 Å². The second kappa shape index (κ2) is 8.40. The molecule has 1 aromatic carbocycles. The molecule has 20 heavy (non-hydrogen) atoms. The zero-order chi connectivity index (χ0) is 14.4. The molecule has 0 amide bonds. The van der Waals surface area contributed by atoms with Crippen LogP contribution in [-0.2, 0) is 6.54 Å². The quantitative estimate of drug-likeness (QED) is 0.661. The van der Waals surface area contributed by atoms with Gasteiger partial charge in [0.2, 0.25) is 0 Å². The Morgan fingerprint density at radius 1 is 1.10 bits per heavy atom. The summed E-state index contributed by atoms with van der Waals surface area (Å²) in [5.41, 5.74) is 1.26. The van der Waals surface area contributed by atoms with Crippen LogP contribution >= 0.6 is 31.9 Å². The minimum absolute atomic E-state index is 0.365. The van der Waals surface area contributed by atoms with Gasteiger partial charge in [-0.2, -0.15) is 0 Å². The summed E-state index contributed by atoms with van der Waals surface area (Å²) in [4.78, 5) is 0. The molecule has 0 aromatic heterocycles. The highest BCUT2D eigenvalue weighted by Crippen LogP contribution is 2.37. The van der Waals surface area contributed by atoms with Gasteiger partial charge in [-0.05, 0) is 81.8 Å². The summed E-state index contributed by atoms with van der Waals surface area (Å²) in [6.45, 7) is 3.99. The summed E-state index contributed by atoms with van der Waals surface area (Å²) < 4.78 is 8.33. The zero-order valence-corrected chi connectivity index (χ0v) is 15.2. The first-order valence-corrected chi connectivity index (χ1v) is 9.14. The van der Waals surface area contributed by atoms with Crippen molar-refractivity contribution in [3.8, 4) is 5.75 Å². The Bertz CT molecular complexity index is 405. The van der Waals surface area contributed by atoms with Crippen molar-refractivity contribution in [2.75, 3.05) is 6.54 Å². The predicted molar refractivity (Wildman–Crippen MR) is 91.3 cm³/mol. The molecule has 0 spiro atoms. The fraction of sp³-hybridized carbons (Fsp3) is 0.625. The van der Waals surface area contributed by atoms with Gasteiger partial charge in [0.05, 0.1) is 15.0 Å². The van der Waals surface area contributed by atoms with Gasteiger partial charge in [-0.3, -0.25) is 0 Å². The van der Waals surface area contributed by atoms with Gasteiger partial charge in [0.15, 0.2) is 0 Å². The zero-order valence-electron chi connectivity index (χ0n) is 12.1. The van der Waals surface area contributed by atoms with E-state index >= 15 is 0 Å². The maximum absolute atomic E-state index is 6.24. The summed E-state index contributed by atoms with van der Waals surface area (Å²) in [5, 5.41) is 3.35. The van der Waals surface area contributed by atoms with Gasteiger partial charge in [0.25, 0.3) is 0 Å². The summed E-state index contributed by atoms with van der Waals surface area (Å²) in [6.07, 6.45) is 8.00. The molecule has 1 saturated carbocycles. The average molecular weight is 405 g/mol. The standard InChI is InChI=1S/C16H23Br2NO/c1-2-19-11-12-9-14(17)16(15(18)10-12)20-13-7-5-3-4-6-8-13/h9-10,13,19H,2-8,11H2,1H3.